The van der Waals surface area contributed by atoms with Gasteiger partial charge in [-0.2, -0.15) is 0 Å². The highest BCUT2D eigenvalue weighted by Gasteiger charge is 2.23. The van der Waals surface area contributed by atoms with Gasteiger partial charge in [-0.25, -0.2) is 8.42 Å². The van der Waals surface area contributed by atoms with E-state index in [2.05, 4.69) is 0 Å². The van der Waals surface area contributed by atoms with Crippen LogP contribution in [0.3, 0.4) is 0 Å². The summed E-state index contributed by atoms with van der Waals surface area (Å²) in [6, 6.07) is 0. The smallest absolute Gasteiger partial charge is 0.235 e. The fourth-order valence-corrected chi connectivity index (χ4v) is 1.96. The summed E-state index contributed by atoms with van der Waals surface area (Å²) in [7, 11) is -3.27. The van der Waals surface area contributed by atoms with Crippen LogP contribution in [0, 0.1) is 0 Å². The van der Waals surface area contributed by atoms with Crippen LogP contribution in [0.5, 0.6) is 0 Å². The second-order valence-electron chi connectivity index (χ2n) is 2.07. The van der Waals surface area contributed by atoms with Gasteiger partial charge in [-0.15, -0.1) is 0 Å². The number of hydrogen-bond donors (Lipinski definition) is 1. The highest BCUT2D eigenvalue weighted by atomic mass is 32.2. The first-order valence-electron chi connectivity index (χ1n) is 2.82. The van der Waals surface area contributed by atoms with E-state index >= 15 is 0 Å². The third-order valence-corrected chi connectivity index (χ3v) is 2.95. The van der Waals surface area contributed by atoms with Crippen molar-refractivity contribution in [3.8, 4) is 0 Å². The Morgan fingerprint density at radius 2 is 2.00 bits per heavy atom. The Morgan fingerprint density at radius 1 is 1.33 bits per heavy atom. The van der Waals surface area contributed by atoms with Crippen molar-refractivity contribution in [2.45, 2.75) is 12.8 Å². The van der Waals surface area contributed by atoms with Crippen LogP contribution in [0.4, 0.5) is 0 Å². The molecule has 1 saturated heterocycles. The molecule has 0 saturated carbocycles. The minimum Gasteiger partial charge on any atom is -0.299 e. The molecule has 1 aliphatic rings. The second-order valence-corrected chi connectivity index (χ2v) is 4.06. The van der Waals surface area contributed by atoms with Crippen molar-refractivity contribution < 1.29 is 13.6 Å². The van der Waals surface area contributed by atoms with E-state index in [0.717, 1.165) is 6.42 Å². The highest BCUT2D eigenvalue weighted by molar-refractivity contribution is 7.88. The second kappa shape index (κ2) is 2.24. The van der Waals surface area contributed by atoms with Crippen LogP contribution in [0.2, 0.25) is 0 Å². The molecule has 0 radical (unpaired) electrons. The molecule has 0 bridgehead atoms. The van der Waals surface area contributed by atoms with Gasteiger partial charge >= 0.3 is 0 Å². The van der Waals surface area contributed by atoms with Gasteiger partial charge in [-0.1, -0.05) is 4.47 Å². The summed E-state index contributed by atoms with van der Waals surface area (Å²) in [6.45, 7) is 0.252. The van der Waals surface area contributed by atoms with E-state index in [0.29, 0.717) is 10.9 Å². The number of rotatable bonds is 0. The van der Waals surface area contributed by atoms with Crippen LogP contribution >= 0.6 is 0 Å². The van der Waals surface area contributed by atoms with Gasteiger partial charge < -0.3 is 0 Å². The Morgan fingerprint density at radius 3 is 2.33 bits per heavy atom. The summed E-state index contributed by atoms with van der Waals surface area (Å²) in [4.78, 5) is 0. The Kier molecular flexibility index (Phi) is 1.74. The zero-order valence-corrected chi connectivity index (χ0v) is 5.76. The number of sulfonamides is 1. The maximum Gasteiger partial charge on any atom is 0.235 e. The lowest BCUT2D eigenvalue weighted by Crippen LogP contribution is -2.34. The van der Waals surface area contributed by atoms with Crippen molar-refractivity contribution in [2.75, 3.05) is 12.3 Å². The Balaban J connectivity index is 2.72. The lowest BCUT2D eigenvalue weighted by Gasteiger charge is -2.19. The molecule has 1 heterocycles. The zero-order chi connectivity index (χ0) is 6.91. The molecule has 0 aromatic rings. The molecule has 1 rings (SSSR count). The Labute approximate surface area is 54.1 Å². The van der Waals surface area contributed by atoms with Crippen molar-refractivity contribution in [1.29, 1.82) is 0 Å². The molecule has 0 unspecified atom stereocenters. The summed E-state index contributed by atoms with van der Waals surface area (Å²) in [5, 5.41) is 8.68. The summed E-state index contributed by atoms with van der Waals surface area (Å²) in [5.41, 5.74) is 0. The van der Waals surface area contributed by atoms with E-state index in [1.165, 1.54) is 0 Å². The van der Waals surface area contributed by atoms with Gasteiger partial charge in [0.05, 0.1) is 5.75 Å². The molecule has 1 N–H and O–H groups in total. The lowest BCUT2D eigenvalue weighted by atomic mass is 10.3. The molecular formula is C4H9NO3S. The molecule has 1 fully saturated rings. The summed E-state index contributed by atoms with van der Waals surface area (Å²) in [5.74, 6) is 0.0868. The molecule has 4 nitrogen and oxygen atoms in total. The number of hydrogen-bond acceptors (Lipinski definition) is 3. The van der Waals surface area contributed by atoms with E-state index < -0.39 is 10.0 Å². The van der Waals surface area contributed by atoms with Crippen LogP contribution in [0.25, 0.3) is 0 Å². The Bertz CT molecular complexity index is 186. The third-order valence-electron chi connectivity index (χ3n) is 1.32. The molecule has 0 aromatic heterocycles. The lowest BCUT2D eigenvalue weighted by molar-refractivity contribution is -0.00223. The van der Waals surface area contributed by atoms with Crippen LogP contribution in [0.15, 0.2) is 0 Å². The first-order valence-corrected chi connectivity index (χ1v) is 4.43. The fourth-order valence-electron chi connectivity index (χ4n) is 0.776. The molecule has 0 spiro atoms. The molecule has 0 amide bonds. The zero-order valence-electron chi connectivity index (χ0n) is 4.95. The molecule has 1 aliphatic heterocycles. The van der Waals surface area contributed by atoms with Crippen molar-refractivity contribution in [1.82, 2.24) is 4.47 Å². The van der Waals surface area contributed by atoms with E-state index in [9.17, 15) is 8.42 Å². The van der Waals surface area contributed by atoms with Crippen LogP contribution in [0.1, 0.15) is 12.8 Å². The van der Waals surface area contributed by atoms with Gasteiger partial charge in [0, 0.05) is 6.54 Å². The van der Waals surface area contributed by atoms with Crippen molar-refractivity contribution in [2.24, 2.45) is 0 Å². The number of hydroxylamine groups is 1. The summed E-state index contributed by atoms with van der Waals surface area (Å²) in [6.07, 6.45) is 1.43. The highest BCUT2D eigenvalue weighted by Crippen LogP contribution is 2.09. The van der Waals surface area contributed by atoms with E-state index in [1.807, 2.05) is 0 Å². The van der Waals surface area contributed by atoms with Crippen molar-refractivity contribution >= 4 is 10.0 Å². The minimum atomic E-state index is -3.27. The van der Waals surface area contributed by atoms with Crippen LogP contribution < -0.4 is 0 Å². The monoisotopic (exact) mass is 151 g/mol. The molecule has 9 heavy (non-hydrogen) atoms. The first-order chi connectivity index (χ1) is 4.13. The summed E-state index contributed by atoms with van der Waals surface area (Å²) < 4.78 is 21.7. The van der Waals surface area contributed by atoms with E-state index in [1.54, 1.807) is 0 Å². The minimum absolute atomic E-state index is 0.0868. The third kappa shape index (κ3) is 1.41. The van der Waals surface area contributed by atoms with Gasteiger partial charge in [0.2, 0.25) is 10.0 Å². The standard InChI is InChI=1S/C4H9NO3S/c6-5-3-1-2-4-9(5,7)8/h6H,1-4H2. The van der Waals surface area contributed by atoms with Gasteiger partial charge in [0.1, 0.15) is 0 Å². The molecule has 0 aromatic carbocycles. The van der Waals surface area contributed by atoms with Crippen LogP contribution in [-0.2, 0) is 10.0 Å². The molecule has 5 heteroatoms. The van der Waals surface area contributed by atoms with Crippen molar-refractivity contribution in [3.63, 3.8) is 0 Å². The van der Waals surface area contributed by atoms with E-state index in [-0.39, 0.29) is 12.3 Å². The Hall–Kier alpha value is -0.130. The molecule has 54 valence electrons. The van der Waals surface area contributed by atoms with Gasteiger partial charge in [-0.05, 0) is 12.8 Å². The topological polar surface area (TPSA) is 57.6 Å². The maximum absolute atomic E-state index is 10.7. The SMILES string of the molecule is O=S1(=O)CCCCN1O. The fraction of sp³-hybridized carbons (Fsp3) is 1.00. The van der Waals surface area contributed by atoms with Crippen LogP contribution in [-0.4, -0.2) is 30.4 Å². The molecular weight excluding hydrogens is 142 g/mol. The average Bonchev–Trinajstić information content (AvgIpc) is 1.77. The van der Waals surface area contributed by atoms with Gasteiger partial charge in [0.25, 0.3) is 0 Å². The number of nitrogens with zero attached hydrogens (tertiary/aromatic N) is 1. The normalized spacial score (nSPS) is 28.1. The summed E-state index contributed by atoms with van der Waals surface area (Å²) >= 11 is 0. The first kappa shape index (κ1) is 6.98. The predicted octanol–water partition coefficient (Wildman–Crippen LogP) is -0.199. The van der Waals surface area contributed by atoms with Crippen molar-refractivity contribution in [3.05, 3.63) is 0 Å². The predicted molar refractivity (Wildman–Crippen MR) is 31.5 cm³/mol. The largest absolute Gasteiger partial charge is 0.299 e. The van der Waals surface area contributed by atoms with E-state index in [4.69, 9.17) is 5.21 Å². The molecule has 0 aliphatic carbocycles. The molecule has 0 atom stereocenters. The van der Waals surface area contributed by atoms with Gasteiger partial charge in [0.15, 0.2) is 0 Å². The maximum atomic E-state index is 10.7. The van der Waals surface area contributed by atoms with Gasteiger partial charge in [-0.3, -0.25) is 5.21 Å². The average molecular weight is 151 g/mol. The quantitative estimate of drug-likeness (QED) is 0.521.